The predicted molar refractivity (Wildman–Crippen MR) is 147 cm³/mol. The summed E-state index contributed by atoms with van der Waals surface area (Å²) in [5.41, 5.74) is 3.04. The summed E-state index contributed by atoms with van der Waals surface area (Å²) < 4.78 is 0. The number of carboxylic acid groups (broad SMARTS) is 1. The molecule has 0 heterocycles. The van der Waals surface area contributed by atoms with Crippen LogP contribution in [0, 0.1) is 39.9 Å². The standard InChI is InChI=1S/C32H52O4/c1-9-10-11-27(34)30(5,6)23-13-15-25-22(18-23)16-17-31(7)28(26(33)19-32(25,31)8)24(29(35)36)14-12-21(4)20(2)3/h15-16,20,23-24,26-28,33-34H,4,9-14,17-19H2,1-3,5-8H3,(H,35,36)/t23-,24-,26-,27+,28+,31-,32+/m1/s1. The molecule has 0 bridgehead atoms. The molecular weight excluding hydrogens is 448 g/mol. The maximum Gasteiger partial charge on any atom is 0.306 e. The van der Waals surface area contributed by atoms with Gasteiger partial charge in [0, 0.05) is 11.3 Å². The van der Waals surface area contributed by atoms with Crippen LogP contribution >= 0.6 is 0 Å². The third kappa shape index (κ3) is 5.01. The van der Waals surface area contributed by atoms with Crippen molar-refractivity contribution in [3.8, 4) is 0 Å². The Bertz CT molecular complexity index is 896. The van der Waals surface area contributed by atoms with Gasteiger partial charge >= 0.3 is 5.97 Å². The Balaban J connectivity index is 1.88. The van der Waals surface area contributed by atoms with Crippen LogP contribution in [-0.2, 0) is 4.79 Å². The molecule has 4 nitrogen and oxygen atoms in total. The molecule has 36 heavy (non-hydrogen) atoms. The molecule has 0 radical (unpaired) electrons. The number of hydrogen-bond acceptors (Lipinski definition) is 3. The maximum atomic E-state index is 12.5. The Morgan fingerprint density at radius 3 is 2.47 bits per heavy atom. The Morgan fingerprint density at radius 1 is 1.22 bits per heavy atom. The van der Waals surface area contributed by atoms with E-state index in [1.165, 1.54) is 11.1 Å². The third-order valence-electron chi connectivity index (χ3n) is 10.9. The molecule has 0 amide bonds. The summed E-state index contributed by atoms with van der Waals surface area (Å²) in [5.74, 6) is -0.954. The smallest absolute Gasteiger partial charge is 0.306 e. The number of rotatable bonds is 11. The molecule has 1 saturated carbocycles. The second-order valence-corrected chi connectivity index (χ2v) is 13.5. The van der Waals surface area contributed by atoms with Crippen LogP contribution in [0.1, 0.15) is 106 Å². The van der Waals surface area contributed by atoms with E-state index in [9.17, 15) is 20.1 Å². The first-order valence-electron chi connectivity index (χ1n) is 14.4. The molecule has 0 aromatic heterocycles. The van der Waals surface area contributed by atoms with Gasteiger partial charge in [-0.1, -0.05) is 85.6 Å². The van der Waals surface area contributed by atoms with E-state index >= 15 is 0 Å². The number of aliphatic carboxylic acids is 1. The van der Waals surface area contributed by atoms with Gasteiger partial charge in [0.05, 0.1) is 18.1 Å². The molecule has 0 spiro atoms. The predicted octanol–water partition coefficient (Wildman–Crippen LogP) is 7.32. The van der Waals surface area contributed by atoms with E-state index in [1.54, 1.807) is 0 Å². The molecule has 1 fully saturated rings. The molecule has 3 rings (SSSR count). The number of carboxylic acids is 1. The third-order valence-corrected chi connectivity index (χ3v) is 10.9. The SMILES string of the molecule is C=C(CC[C@@H](C(=O)O)[C@H]1[C@H](O)C[C@@]2(C)C3=CC[C@@H](C(C)(C)[C@@H](O)CCCC)CC3=CC[C@]12C)C(C)C. The first kappa shape index (κ1) is 29.2. The molecule has 7 atom stereocenters. The minimum Gasteiger partial charge on any atom is -0.481 e. The van der Waals surface area contributed by atoms with E-state index in [1.807, 2.05) is 0 Å². The number of aliphatic hydroxyl groups is 2. The highest BCUT2D eigenvalue weighted by atomic mass is 16.4. The van der Waals surface area contributed by atoms with Crippen LogP contribution in [0.2, 0.25) is 0 Å². The molecule has 3 aliphatic rings. The number of carbonyl (C=O) groups is 1. The highest BCUT2D eigenvalue weighted by Crippen LogP contribution is 2.68. The minimum atomic E-state index is -0.795. The van der Waals surface area contributed by atoms with E-state index in [-0.39, 0.29) is 28.3 Å². The molecule has 0 aromatic carbocycles. The quantitative estimate of drug-likeness (QED) is 0.260. The van der Waals surface area contributed by atoms with Crippen molar-refractivity contribution in [2.75, 3.05) is 0 Å². The summed E-state index contributed by atoms with van der Waals surface area (Å²) in [6, 6.07) is 0. The van der Waals surface area contributed by atoms with Crippen molar-refractivity contribution in [1.82, 2.24) is 0 Å². The number of hydrogen-bond donors (Lipinski definition) is 3. The van der Waals surface area contributed by atoms with Crippen molar-refractivity contribution in [2.24, 2.45) is 39.9 Å². The second-order valence-electron chi connectivity index (χ2n) is 13.5. The summed E-state index contributed by atoms with van der Waals surface area (Å²) in [4.78, 5) is 12.5. The van der Waals surface area contributed by atoms with E-state index in [2.05, 4.69) is 67.2 Å². The van der Waals surface area contributed by atoms with Gasteiger partial charge < -0.3 is 15.3 Å². The molecule has 0 saturated heterocycles. The lowest BCUT2D eigenvalue weighted by atomic mass is 9.51. The Morgan fingerprint density at radius 2 is 1.89 bits per heavy atom. The summed E-state index contributed by atoms with van der Waals surface area (Å²) in [6.07, 6.45) is 11.2. The normalized spacial score (nSPS) is 33.9. The number of unbranched alkanes of at least 4 members (excludes halogenated alkanes) is 1. The largest absolute Gasteiger partial charge is 0.481 e. The lowest BCUT2D eigenvalue weighted by Crippen LogP contribution is -2.47. The van der Waals surface area contributed by atoms with Crippen molar-refractivity contribution in [3.63, 3.8) is 0 Å². The molecule has 204 valence electrons. The highest BCUT2D eigenvalue weighted by Gasteiger charge is 2.64. The highest BCUT2D eigenvalue weighted by molar-refractivity contribution is 5.71. The van der Waals surface area contributed by atoms with Gasteiger partial charge in [0.15, 0.2) is 0 Å². The van der Waals surface area contributed by atoms with Crippen molar-refractivity contribution in [1.29, 1.82) is 0 Å². The first-order valence-corrected chi connectivity index (χ1v) is 14.4. The van der Waals surface area contributed by atoms with Crippen molar-refractivity contribution >= 4 is 5.97 Å². The summed E-state index contributed by atoms with van der Waals surface area (Å²) in [7, 11) is 0. The van der Waals surface area contributed by atoms with Crippen LogP contribution in [0.5, 0.6) is 0 Å². The topological polar surface area (TPSA) is 77.8 Å². The van der Waals surface area contributed by atoms with Gasteiger partial charge in [0.2, 0.25) is 0 Å². The van der Waals surface area contributed by atoms with E-state index in [0.717, 1.165) is 44.1 Å². The van der Waals surface area contributed by atoms with Crippen molar-refractivity contribution in [2.45, 2.75) is 118 Å². The van der Waals surface area contributed by atoms with E-state index in [4.69, 9.17) is 0 Å². The molecule has 0 aliphatic heterocycles. The first-order chi connectivity index (χ1) is 16.7. The van der Waals surface area contributed by atoms with Gasteiger partial charge in [-0.05, 0) is 78.8 Å². The fraction of sp³-hybridized carbons (Fsp3) is 0.781. The van der Waals surface area contributed by atoms with Gasteiger partial charge in [-0.3, -0.25) is 4.79 Å². The van der Waals surface area contributed by atoms with Crippen LogP contribution in [0.25, 0.3) is 0 Å². The van der Waals surface area contributed by atoms with Crippen LogP contribution < -0.4 is 0 Å². The average Bonchev–Trinajstić information content (AvgIpc) is 3.02. The number of fused-ring (bicyclic) bond motifs is 3. The van der Waals surface area contributed by atoms with E-state index < -0.39 is 18.0 Å². The Kier molecular flexibility index (Phi) is 8.73. The van der Waals surface area contributed by atoms with Gasteiger partial charge in [-0.2, -0.15) is 0 Å². The van der Waals surface area contributed by atoms with Crippen molar-refractivity contribution < 1.29 is 20.1 Å². The molecule has 0 aromatic rings. The Labute approximate surface area is 220 Å². The maximum absolute atomic E-state index is 12.5. The van der Waals surface area contributed by atoms with Crippen LogP contribution in [0.4, 0.5) is 0 Å². The Hall–Kier alpha value is -1.39. The summed E-state index contributed by atoms with van der Waals surface area (Å²) >= 11 is 0. The second kappa shape index (κ2) is 10.8. The zero-order valence-corrected chi connectivity index (χ0v) is 23.9. The zero-order chi connectivity index (χ0) is 27.1. The fourth-order valence-electron chi connectivity index (χ4n) is 7.71. The summed E-state index contributed by atoms with van der Waals surface area (Å²) in [5, 5.41) is 32.6. The lowest BCUT2D eigenvalue weighted by molar-refractivity contribution is -0.148. The van der Waals surface area contributed by atoms with Gasteiger partial charge in [-0.25, -0.2) is 0 Å². The average molecular weight is 501 g/mol. The molecular formula is C32H52O4. The molecule has 4 heteroatoms. The number of aliphatic hydroxyl groups excluding tert-OH is 2. The fourth-order valence-corrected chi connectivity index (χ4v) is 7.71. The van der Waals surface area contributed by atoms with E-state index in [0.29, 0.717) is 31.1 Å². The van der Waals surface area contributed by atoms with Crippen LogP contribution in [-0.4, -0.2) is 33.5 Å². The minimum absolute atomic E-state index is 0.162. The van der Waals surface area contributed by atoms with Crippen LogP contribution in [0.3, 0.4) is 0 Å². The van der Waals surface area contributed by atoms with Gasteiger partial charge in [-0.15, -0.1) is 0 Å². The zero-order valence-electron chi connectivity index (χ0n) is 23.9. The number of allylic oxidation sites excluding steroid dienone is 5. The van der Waals surface area contributed by atoms with Gasteiger partial charge in [0.1, 0.15) is 0 Å². The molecule has 0 unspecified atom stereocenters. The summed E-state index contributed by atoms with van der Waals surface area (Å²) in [6.45, 7) is 19.4. The van der Waals surface area contributed by atoms with Gasteiger partial charge in [0.25, 0.3) is 0 Å². The van der Waals surface area contributed by atoms with Crippen LogP contribution in [0.15, 0.2) is 35.5 Å². The molecule has 3 N–H and O–H groups in total. The lowest BCUT2D eigenvalue weighted by Gasteiger charge is -2.52. The van der Waals surface area contributed by atoms with Crippen molar-refractivity contribution in [3.05, 3.63) is 35.5 Å². The monoisotopic (exact) mass is 500 g/mol. The molecule has 3 aliphatic carbocycles.